The van der Waals surface area contributed by atoms with E-state index >= 15 is 0 Å². The molecule has 5 rings (SSSR count). The Morgan fingerprint density at radius 2 is 1.57 bits per heavy atom. The summed E-state index contributed by atoms with van der Waals surface area (Å²) in [6.45, 7) is 1.92. The van der Waals surface area contributed by atoms with Crippen LogP contribution in [-0.4, -0.2) is 35.7 Å². The predicted molar refractivity (Wildman–Crippen MR) is 165 cm³/mol. The average molecular weight is 698 g/mol. The van der Waals surface area contributed by atoms with Gasteiger partial charge in [-0.25, -0.2) is 9.59 Å². The maximum absolute atomic E-state index is 12.9. The fraction of sp³-hybridized carbons (Fsp3) is 0.273. The van der Waals surface area contributed by atoms with E-state index in [4.69, 9.17) is 14.6 Å². The van der Waals surface area contributed by atoms with Crippen LogP contribution in [0.15, 0.2) is 92.9 Å². The van der Waals surface area contributed by atoms with E-state index in [9.17, 15) is 19.2 Å². The van der Waals surface area contributed by atoms with Crippen LogP contribution < -0.4 is 4.74 Å². The third-order valence-corrected chi connectivity index (χ3v) is 8.49. The highest BCUT2D eigenvalue weighted by Gasteiger charge is 2.41. The molecule has 0 aliphatic heterocycles. The standard InChI is InChI=1S/C26H25BrO5.C7H5BrO2/c1-15-12-21-20(25(15)29)10-11-23(28)22(21)14-24(17-4-3-5-19(13-17)31-2)32-26(30)16-6-8-18(27)9-7-16;8-6-3-1-5(2-4-6)7(9)10/h3-9,13,15,20,24H,10-12,14H2,1-2H3;1-4H,(H,9,10). The maximum atomic E-state index is 12.9. The molecule has 0 amide bonds. The number of carboxylic acids is 1. The summed E-state index contributed by atoms with van der Waals surface area (Å²) in [5.41, 5.74) is 3.07. The molecule has 3 aromatic rings. The molecule has 0 aromatic heterocycles. The summed E-state index contributed by atoms with van der Waals surface area (Å²) in [4.78, 5) is 48.7. The highest BCUT2D eigenvalue weighted by atomic mass is 79.9. The molecule has 0 radical (unpaired) electrons. The molecule has 0 saturated heterocycles. The van der Waals surface area contributed by atoms with Gasteiger partial charge in [-0.2, -0.15) is 0 Å². The van der Waals surface area contributed by atoms with E-state index in [1.165, 1.54) is 0 Å². The number of rotatable bonds is 7. The molecule has 3 aromatic carbocycles. The molecule has 0 heterocycles. The van der Waals surface area contributed by atoms with E-state index in [0.29, 0.717) is 41.7 Å². The Hall–Kier alpha value is -3.56. The lowest BCUT2D eigenvalue weighted by molar-refractivity contribution is -0.123. The van der Waals surface area contributed by atoms with E-state index in [-0.39, 0.29) is 29.8 Å². The number of carboxylic acid groups (broad SMARTS) is 1. The average Bonchev–Trinajstić information content (AvgIpc) is 3.27. The Balaban J connectivity index is 0.000000343. The van der Waals surface area contributed by atoms with E-state index in [1.54, 1.807) is 55.6 Å². The molecule has 1 saturated carbocycles. The lowest BCUT2D eigenvalue weighted by Crippen LogP contribution is -2.23. The number of benzene rings is 3. The smallest absolute Gasteiger partial charge is 0.338 e. The monoisotopic (exact) mass is 696 g/mol. The van der Waals surface area contributed by atoms with Crippen LogP contribution in [0.1, 0.15) is 65.0 Å². The number of carbonyl (C=O) groups is 4. The lowest BCUT2D eigenvalue weighted by Gasteiger charge is -2.25. The molecule has 2 aliphatic rings. The fourth-order valence-corrected chi connectivity index (χ4v) is 5.75. The molecule has 9 heteroatoms. The molecule has 3 atom stereocenters. The summed E-state index contributed by atoms with van der Waals surface area (Å²) in [7, 11) is 1.58. The number of ether oxygens (including phenoxy) is 2. The van der Waals surface area contributed by atoms with Gasteiger partial charge >= 0.3 is 11.9 Å². The Kier molecular flexibility index (Phi) is 10.5. The van der Waals surface area contributed by atoms with Crippen LogP contribution >= 0.6 is 31.9 Å². The lowest BCUT2D eigenvalue weighted by atomic mass is 9.81. The molecule has 2 aliphatic carbocycles. The third kappa shape index (κ3) is 7.63. The summed E-state index contributed by atoms with van der Waals surface area (Å²) in [5.74, 6) is -0.704. The van der Waals surface area contributed by atoms with Gasteiger partial charge in [-0.1, -0.05) is 56.5 Å². The van der Waals surface area contributed by atoms with Crippen molar-refractivity contribution >= 4 is 55.4 Å². The van der Waals surface area contributed by atoms with Crippen molar-refractivity contribution in [2.45, 2.75) is 38.7 Å². The first-order valence-electron chi connectivity index (χ1n) is 13.5. The SMILES string of the molecule is COc1cccc(C(CC2=C3CC(C)C(=O)C3CCC2=O)OC(=O)c2ccc(Br)cc2)c1.O=C(O)c1ccc(Br)cc1. The molecule has 42 heavy (non-hydrogen) atoms. The second-order valence-electron chi connectivity index (χ2n) is 10.2. The quantitative estimate of drug-likeness (QED) is 0.251. The summed E-state index contributed by atoms with van der Waals surface area (Å²) >= 11 is 6.57. The highest BCUT2D eigenvalue weighted by Crippen LogP contribution is 2.44. The first kappa shape index (κ1) is 31.4. The minimum Gasteiger partial charge on any atom is -0.497 e. The molecule has 218 valence electrons. The normalized spacial score (nSPS) is 18.5. The third-order valence-electron chi connectivity index (χ3n) is 7.44. The largest absolute Gasteiger partial charge is 0.497 e. The predicted octanol–water partition coefficient (Wildman–Crippen LogP) is 7.78. The van der Waals surface area contributed by atoms with Crippen molar-refractivity contribution in [2.24, 2.45) is 11.8 Å². The van der Waals surface area contributed by atoms with Crippen LogP contribution in [0.25, 0.3) is 0 Å². The Morgan fingerprint density at radius 1 is 0.952 bits per heavy atom. The van der Waals surface area contributed by atoms with Gasteiger partial charge in [-0.15, -0.1) is 0 Å². The molecular formula is C33H30Br2O7. The topological polar surface area (TPSA) is 107 Å². The Labute approximate surface area is 261 Å². The van der Waals surface area contributed by atoms with E-state index in [0.717, 1.165) is 20.1 Å². The number of aromatic carboxylic acids is 1. The highest BCUT2D eigenvalue weighted by molar-refractivity contribution is 9.10. The van der Waals surface area contributed by atoms with Crippen LogP contribution in [0.4, 0.5) is 0 Å². The van der Waals surface area contributed by atoms with Crippen LogP contribution in [0.3, 0.4) is 0 Å². The summed E-state index contributed by atoms with van der Waals surface area (Å²) in [6, 6.07) is 20.8. The number of esters is 1. The van der Waals surface area contributed by atoms with Crippen LogP contribution in [0.2, 0.25) is 0 Å². The number of allylic oxidation sites excluding steroid dienone is 1. The van der Waals surface area contributed by atoms with Crippen LogP contribution in [0, 0.1) is 11.8 Å². The second kappa shape index (κ2) is 14.1. The minimum atomic E-state index is -0.896. The van der Waals surface area contributed by atoms with Gasteiger partial charge in [0.25, 0.3) is 0 Å². The molecule has 7 nitrogen and oxygen atoms in total. The zero-order valence-electron chi connectivity index (χ0n) is 23.1. The van der Waals surface area contributed by atoms with Crippen molar-refractivity contribution in [3.05, 3.63) is 110 Å². The molecule has 0 bridgehead atoms. The molecule has 0 spiro atoms. The molecule has 3 unspecified atom stereocenters. The van der Waals surface area contributed by atoms with Crippen molar-refractivity contribution < 1.29 is 33.8 Å². The summed E-state index contributed by atoms with van der Waals surface area (Å²) < 4.78 is 13.0. The number of halogens is 2. The maximum Gasteiger partial charge on any atom is 0.338 e. The van der Waals surface area contributed by atoms with E-state index in [1.807, 2.05) is 31.2 Å². The van der Waals surface area contributed by atoms with Gasteiger partial charge in [0.2, 0.25) is 0 Å². The number of Topliss-reactive ketones (excluding diaryl/α,β-unsaturated/α-hetero) is 2. The number of hydrogen-bond acceptors (Lipinski definition) is 6. The number of carbonyl (C=O) groups excluding carboxylic acids is 3. The first-order chi connectivity index (χ1) is 20.1. The molecular weight excluding hydrogens is 668 g/mol. The number of ketones is 2. The van der Waals surface area contributed by atoms with Crippen molar-refractivity contribution in [1.29, 1.82) is 0 Å². The van der Waals surface area contributed by atoms with Gasteiger partial charge in [0.1, 0.15) is 17.6 Å². The molecule has 1 fully saturated rings. The first-order valence-corrected chi connectivity index (χ1v) is 15.0. The van der Waals surface area contributed by atoms with Gasteiger partial charge < -0.3 is 14.6 Å². The Bertz CT molecular complexity index is 1510. The van der Waals surface area contributed by atoms with Gasteiger partial charge in [0.05, 0.1) is 18.2 Å². The number of fused-ring (bicyclic) bond motifs is 1. The second-order valence-corrected chi connectivity index (χ2v) is 12.1. The van der Waals surface area contributed by atoms with E-state index < -0.39 is 18.0 Å². The van der Waals surface area contributed by atoms with Crippen molar-refractivity contribution in [2.75, 3.05) is 7.11 Å². The van der Waals surface area contributed by atoms with Crippen molar-refractivity contribution in [3.63, 3.8) is 0 Å². The van der Waals surface area contributed by atoms with Crippen molar-refractivity contribution in [3.8, 4) is 5.75 Å². The van der Waals surface area contributed by atoms with Crippen LogP contribution in [0.5, 0.6) is 5.75 Å². The van der Waals surface area contributed by atoms with Crippen LogP contribution in [-0.2, 0) is 14.3 Å². The summed E-state index contributed by atoms with van der Waals surface area (Å²) in [6.07, 6.45) is 1.13. The fourth-order valence-electron chi connectivity index (χ4n) is 5.22. The molecule has 1 N–H and O–H groups in total. The zero-order valence-corrected chi connectivity index (χ0v) is 26.3. The zero-order chi connectivity index (χ0) is 30.4. The van der Waals surface area contributed by atoms with Crippen molar-refractivity contribution in [1.82, 2.24) is 0 Å². The number of methoxy groups -OCH3 is 1. The Morgan fingerprint density at radius 3 is 2.17 bits per heavy atom. The van der Waals surface area contributed by atoms with Gasteiger partial charge in [-0.05, 0) is 84.6 Å². The summed E-state index contributed by atoms with van der Waals surface area (Å²) in [5, 5.41) is 8.46. The van der Waals surface area contributed by atoms with Gasteiger partial charge in [0, 0.05) is 33.6 Å². The van der Waals surface area contributed by atoms with Gasteiger partial charge in [0.15, 0.2) is 5.78 Å². The number of hydrogen-bond donors (Lipinski definition) is 1. The van der Waals surface area contributed by atoms with E-state index in [2.05, 4.69) is 31.9 Å². The minimum absolute atomic E-state index is 0.0470. The van der Waals surface area contributed by atoms with Gasteiger partial charge in [-0.3, -0.25) is 9.59 Å².